The molecule has 5 nitrogen and oxygen atoms in total. The molecule has 122 valence electrons. The van der Waals surface area contributed by atoms with E-state index in [9.17, 15) is 9.59 Å². The van der Waals surface area contributed by atoms with Crippen LogP contribution in [-0.2, 0) is 17.8 Å². The summed E-state index contributed by atoms with van der Waals surface area (Å²) in [4.78, 5) is 31.1. The maximum absolute atomic E-state index is 12.0. The van der Waals surface area contributed by atoms with Crippen molar-refractivity contribution >= 4 is 16.8 Å². The van der Waals surface area contributed by atoms with Crippen molar-refractivity contribution in [2.75, 3.05) is 0 Å². The first-order chi connectivity index (χ1) is 11.7. The third kappa shape index (κ3) is 4.07. The highest BCUT2D eigenvalue weighted by atomic mass is 16.1. The van der Waals surface area contributed by atoms with Crippen LogP contribution in [0.2, 0.25) is 0 Å². The fourth-order valence-electron chi connectivity index (χ4n) is 2.55. The summed E-state index contributed by atoms with van der Waals surface area (Å²) < 4.78 is 0. The van der Waals surface area contributed by atoms with Gasteiger partial charge < -0.3 is 10.3 Å². The zero-order chi connectivity index (χ0) is 16.8. The Labute approximate surface area is 139 Å². The van der Waals surface area contributed by atoms with Crippen LogP contribution in [0.3, 0.4) is 0 Å². The van der Waals surface area contributed by atoms with Crippen molar-refractivity contribution < 1.29 is 4.79 Å². The molecule has 0 aliphatic rings. The maximum atomic E-state index is 12.0. The highest BCUT2D eigenvalue weighted by Gasteiger charge is 2.05. The quantitative estimate of drug-likeness (QED) is 0.733. The molecule has 5 heteroatoms. The molecule has 1 aromatic heterocycles. The lowest BCUT2D eigenvalue weighted by molar-refractivity contribution is -0.121. The number of rotatable bonds is 6. The summed E-state index contributed by atoms with van der Waals surface area (Å²) in [5.74, 6) is 0.622. The zero-order valence-electron chi connectivity index (χ0n) is 13.3. The molecule has 0 aliphatic carbocycles. The molecule has 0 fully saturated rings. The van der Waals surface area contributed by atoms with Gasteiger partial charge in [-0.05, 0) is 24.1 Å². The first-order valence-corrected chi connectivity index (χ1v) is 8.01. The van der Waals surface area contributed by atoms with Crippen molar-refractivity contribution in [1.82, 2.24) is 15.3 Å². The van der Waals surface area contributed by atoms with Crippen molar-refractivity contribution in [2.24, 2.45) is 0 Å². The van der Waals surface area contributed by atoms with Gasteiger partial charge in [0.15, 0.2) is 0 Å². The maximum Gasteiger partial charge on any atom is 0.258 e. The third-order valence-electron chi connectivity index (χ3n) is 3.81. The molecule has 1 heterocycles. The molecule has 0 saturated heterocycles. The second-order valence-corrected chi connectivity index (χ2v) is 5.65. The van der Waals surface area contributed by atoms with Crippen LogP contribution in [0.4, 0.5) is 0 Å². The van der Waals surface area contributed by atoms with E-state index in [1.807, 2.05) is 48.5 Å². The van der Waals surface area contributed by atoms with E-state index in [2.05, 4.69) is 15.3 Å². The number of benzene rings is 2. The van der Waals surface area contributed by atoms with E-state index in [1.54, 1.807) is 6.07 Å². The smallest absolute Gasteiger partial charge is 0.258 e. The summed E-state index contributed by atoms with van der Waals surface area (Å²) >= 11 is 0. The Hall–Kier alpha value is -2.95. The normalized spacial score (nSPS) is 10.7. The Morgan fingerprint density at radius 2 is 1.79 bits per heavy atom. The molecule has 0 atom stereocenters. The first kappa shape index (κ1) is 15.9. The van der Waals surface area contributed by atoms with Crippen molar-refractivity contribution in [2.45, 2.75) is 25.8 Å². The average molecular weight is 321 g/mol. The van der Waals surface area contributed by atoms with E-state index in [4.69, 9.17) is 0 Å². The van der Waals surface area contributed by atoms with E-state index in [-0.39, 0.29) is 11.5 Å². The van der Waals surface area contributed by atoms with Gasteiger partial charge in [0.25, 0.3) is 5.56 Å². The molecule has 2 N–H and O–H groups in total. The highest BCUT2D eigenvalue weighted by molar-refractivity contribution is 5.77. The largest absolute Gasteiger partial charge is 0.352 e. The number of aryl methyl sites for hydroxylation is 1. The number of nitrogens with zero attached hydrogens (tertiary/aromatic N) is 1. The van der Waals surface area contributed by atoms with Crippen LogP contribution < -0.4 is 10.9 Å². The lowest BCUT2D eigenvalue weighted by Gasteiger charge is -2.06. The lowest BCUT2D eigenvalue weighted by Crippen LogP contribution is -2.22. The molecule has 0 bridgehead atoms. The van der Waals surface area contributed by atoms with Crippen molar-refractivity contribution in [3.63, 3.8) is 0 Å². The molecular weight excluding hydrogens is 302 g/mol. The van der Waals surface area contributed by atoms with Gasteiger partial charge in [-0.3, -0.25) is 9.59 Å². The summed E-state index contributed by atoms with van der Waals surface area (Å²) in [7, 11) is 0. The molecule has 3 aromatic rings. The van der Waals surface area contributed by atoms with Crippen LogP contribution in [0.1, 0.15) is 24.2 Å². The molecule has 3 rings (SSSR count). The number of hydrogen-bond acceptors (Lipinski definition) is 3. The van der Waals surface area contributed by atoms with E-state index in [1.165, 1.54) is 0 Å². The van der Waals surface area contributed by atoms with Gasteiger partial charge in [-0.25, -0.2) is 4.98 Å². The Morgan fingerprint density at radius 1 is 1.04 bits per heavy atom. The van der Waals surface area contributed by atoms with Crippen LogP contribution >= 0.6 is 0 Å². The van der Waals surface area contributed by atoms with Gasteiger partial charge in [-0.2, -0.15) is 0 Å². The minimum Gasteiger partial charge on any atom is -0.352 e. The van der Waals surface area contributed by atoms with Crippen LogP contribution in [0.15, 0.2) is 59.4 Å². The minimum absolute atomic E-state index is 0.00184. The van der Waals surface area contributed by atoms with Gasteiger partial charge in [0.1, 0.15) is 5.82 Å². The number of amides is 1. The first-order valence-electron chi connectivity index (χ1n) is 8.01. The van der Waals surface area contributed by atoms with Crippen molar-refractivity contribution in [3.8, 4) is 0 Å². The number of aromatic amines is 1. The molecule has 2 aromatic carbocycles. The molecule has 0 radical (unpaired) electrons. The summed E-state index contributed by atoms with van der Waals surface area (Å²) in [5, 5.41) is 3.48. The third-order valence-corrected chi connectivity index (χ3v) is 3.81. The number of carbonyl (C=O) groups excluding carboxylic acids is 1. The van der Waals surface area contributed by atoms with Crippen LogP contribution in [-0.4, -0.2) is 15.9 Å². The Morgan fingerprint density at radius 3 is 2.62 bits per heavy atom. The van der Waals surface area contributed by atoms with Gasteiger partial charge in [-0.15, -0.1) is 0 Å². The highest BCUT2D eigenvalue weighted by Crippen LogP contribution is 2.07. The number of hydrogen-bond donors (Lipinski definition) is 2. The van der Waals surface area contributed by atoms with Gasteiger partial charge in [0, 0.05) is 19.4 Å². The predicted octanol–water partition coefficient (Wildman–Crippen LogP) is 2.56. The van der Waals surface area contributed by atoms with Gasteiger partial charge in [0.2, 0.25) is 5.91 Å². The van der Waals surface area contributed by atoms with Crippen LogP contribution in [0.5, 0.6) is 0 Å². The zero-order valence-corrected chi connectivity index (χ0v) is 13.3. The number of nitrogens with one attached hydrogen (secondary N) is 2. The molecular formula is C19H19N3O2. The Bertz CT molecular complexity index is 888. The number of para-hydroxylation sites is 1. The molecule has 0 spiro atoms. The van der Waals surface area contributed by atoms with Crippen LogP contribution in [0, 0.1) is 0 Å². The van der Waals surface area contributed by atoms with Crippen molar-refractivity contribution in [1.29, 1.82) is 0 Å². The summed E-state index contributed by atoms with van der Waals surface area (Å²) in [6.07, 6.45) is 1.62. The molecule has 1 amide bonds. The standard InChI is InChI=1S/C19H19N3O2/c23-18(20-13-14-7-2-1-3-8-14)12-6-11-17-21-16-10-5-4-9-15(16)19(24)22-17/h1-5,7-10H,6,11-13H2,(H,20,23)(H,21,22,24). The van der Waals surface area contributed by atoms with Crippen LogP contribution in [0.25, 0.3) is 10.9 Å². The monoisotopic (exact) mass is 321 g/mol. The average Bonchev–Trinajstić information content (AvgIpc) is 2.61. The fraction of sp³-hybridized carbons (Fsp3) is 0.211. The number of carbonyl (C=O) groups is 1. The van der Waals surface area contributed by atoms with Gasteiger partial charge in [0.05, 0.1) is 10.9 Å². The van der Waals surface area contributed by atoms with Crippen molar-refractivity contribution in [3.05, 3.63) is 76.3 Å². The number of aromatic nitrogens is 2. The summed E-state index contributed by atoms with van der Waals surface area (Å²) in [6.45, 7) is 0.532. The lowest BCUT2D eigenvalue weighted by atomic mass is 10.2. The minimum atomic E-state index is -0.135. The fourth-order valence-corrected chi connectivity index (χ4v) is 2.55. The molecule has 0 aliphatic heterocycles. The van der Waals surface area contributed by atoms with Gasteiger partial charge in [-0.1, -0.05) is 42.5 Å². The predicted molar refractivity (Wildman–Crippen MR) is 93.6 cm³/mol. The second kappa shape index (κ2) is 7.55. The molecule has 24 heavy (non-hydrogen) atoms. The second-order valence-electron chi connectivity index (χ2n) is 5.65. The van der Waals surface area contributed by atoms with Gasteiger partial charge >= 0.3 is 0 Å². The topological polar surface area (TPSA) is 74.8 Å². The van der Waals surface area contributed by atoms with E-state index < -0.39 is 0 Å². The molecule has 0 unspecified atom stereocenters. The number of H-pyrrole nitrogens is 1. The van der Waals surface area contributed by atoms with E-state index in [0.29, 0.717) is 42.5 Å². The SMILES string of the molecule is O=C(CCCc1nc2ccccc2c(=O)[nH]1)NCc1ccccc1. The summed E-state index contributed by atoms with van der Waals surface area (Å²) in [5.41, 5.74) is 1.63. The Kier molecular flexibility index (Phi) is 5.01. The van der Waals surface area contributed by atoms with E-state index >= 15 is 0 Å². The Balaban J connectivity index is 1.51. The number of fused-ring (bicyclic) bond motifs is 1. The molecule has 0 saturated carbocycles. The summed E-state index contributed by atoms with van der Waals surface area (Å²) in [6, 6.07) is 17.0. The van der Waals surface area contributed by atoms with E-state index in [0.717, 1.165) is 5.56 Å².